The SMILES string of the molecule is CCc1cc2c(cc1OC)CCN(C)C2C. The molecule has 1 aliphatic rings. The topological polar surface area (TPSA) is 12.5 Å². The first kappa shape index (κ1) is 11.5. The number of fused-ring (bicyclic) bond motifs is 1. The van der Waals surface area contributed by atoms with Crippen molar-refractivity contribution in [1.82, 2.24) is 4.90 Å². The van der Waals surface area contributed by atoms with Crippen LogP contribution >= 0.6 is 0 Å². The molecule has 0 fully saturated rings. The van der Waals surface area contributed by atoms with E-state index in [0.717, 1.165) is 25.1 Å². The lowest BCUT2D eigenvalue weighted by atomic mass is 9.91. The number of benzene rings is 1. The van der Waals surface area contributed by atoms with Gasteiger partial charge in [-0.1, -0.05) is 13.0 Å². The molecule has 0 amide bonds. The number of rotatable bonds is 2. The fourth-order valence-electron chi connectivity index (χ4n) is 2.49. The second-order valence-electron chi connectivity index (χ2n) is 4.62. The lowest BCUT2D eigenvalue weighted by Crippen LogP contribution is -2.30. The first-order chi connectivity index (χ1) is 7.67. The molecule has 0 saturated carbocycles. The van der Waals surface area contributed by atoms with Gasteiger partial charge in [0.2, 0.25) is 0 Å². The van der Waals surface area contributed by atoms with Crippen molar-refractivity contribution in [2.24, 2.45) is 0 Å². The summed E-state index contributed by atoms with van der Waals surface area (Å²) in [4.78, 5) is 2.41. The maximum Gasteiger partial charge on any atom is 0.122 e. The van der Waals surface area contributed by atoms with Gasteiger partial charge in [0.15, 0.2) is 0 Å². The highest BCUT2D eigenvalue weighted by molar-refractivity contribution is 5.45. The van der Waals surface area contributed by atoms with Crippen molar-refractivity contribution in [3.63, 3.8) is 0 Å². The molecule has 1 atom stereocenters. The second-order valence-corrected chi connectivity index (χ2v) is 4.62. The Morgan fingerprint density at radius 1 is 1.44 bits per heavy atom. The van der Waals surface area contributed by atoms with Crippen LogP contribution in [0, 0.1) is 0 Å². The van der Waals surface area contributed by atoms with Crippen molar-refractivity contribution in [2.75, 3.05) is 20.7 Å². The van der Waals surface area contributed by atoms with Crippen molar-refractivity contribution in [2.45, 2.75) is 32.7 Å². The summed E-state index contributed by atoms with van der Waals surface area (Å²) in [5, 5.41) is 0. The van der Waals surface area contributed by atoms with Gasteiger partial charge in [-0.05, 0) is 49.6 Å². The molecule has 1 aromatic rings. The molecule has 1 aromatic carbocycles. The van der Waals surface area contributed by atoms with E-state index >= 15 is 0 Å². The van der Waals surface area contributed by atoms with E-state index in [-0.39, 0.29) is 0 Å². The smallest absolute Gasteiger partial charge is 0.122 e. The Bertz CT molecular complexity index is 387. The minimum Gasteiger partial charge on any atom is -0.496 e. The lowest BCUT2D eigenvalue weighted by molar-refractivity contribution is 0.247. The van der Waals surface area contributed by atoms with Gasteiger partial charge in [0.05, 0.1) is 7.11 Å². The van der Waals surface area contributed by atoms with E-state index in [9.17, 15) is 0 Å². The van der Waals surface area contributed by atoms with Gasteiger partial charge < -0.3 is 4.74 Å². The van der Waals surface area contributed by atoms with E-state index in [2.05, 4.69) is 37.9 Å². The zero-order chi connectivity index (χ0) is 11.7. The Morgan fingerprint density at radius 3 is 2.81 bits per heavy atom. The predicted molar refractivity (Wildman–Crippen MR) is 67.1 cm³/mol. The molecular formula is C14H21NO. The van der Waals surface area contributed by atoms with Crippen molar-refractivity contribution >= 4 is 0 Å². The van der Waals surface area contributed by atoms with Crippen molar-refractivity contribution in [3.8, 4) is 5.75 Å². The molecule has 1 heterocycles. The normalized spacial score (nSPS) is 20.6. The van der Waals surface area contributed by atoms with Crippen LogP contribution in [0.5, 0.6) is 5.75 Å². The molecule has 0 bridgehead atoms. The summed E-state index contributed by atoms with van der Waals surface area (Å²) in [7, 11) is 3.96. The Labute approximate surface area is 98.2 Å². The van der Waals surface area contributed by atoms with Gasteiger partial charge in [0, 0.05) is 12.6 Å². The standard InChI is InChI=1S/C14H21NO/c1-5-11-8-13-10(2)15(3)7-6-12(13)9-14(11)16-4/h8-10H,5-7H2,1-4H3. The summed E-state index contributed by atoms with van der Waals surface area (Å²) in [6.45, 7) is 5.61. The molecule has 0 saturated heterocycles. The third kappa shape index (κ3) is 1.82. The van der Waals surface area contributed by atoms with Crippen LogP contribution in [0.25, 0.3) is 0 Å². The zero-order valence-corrected chi connectivity index (χ0v) is 10.7. The minimum absolute atomic E-state index is 0.528. The third-order valence-corrected chi connectivity index (χ3v) is 3.77. The van der Waals surface area contributed by atoms with Crippen molar-refractivity contribution in [1.29, 1.82) is 0 Å². The molecular weight excluding hydrogens is 198 g/mol. The number of aryl methyl sites for hydroxylation is 1. The van der Waals surface area contributed by atoms with E-state index in [4.69, 9.17) is 4.74 Å². The predicted octanol–water partition coefficient (Wildman–Crippen LogP) is 2.81. The molecule has 2 heteroatoms. The molecule has 0 aromatic heterocycles. The molecule has 88 valence electrons. The first-order valence-corrected chi connectivity index (χ1v) is 6.07. The lowest BCUT2D eigenvalue weighted by Gasteiger charge is -2.32. The second kappa shape index (κ2) is 4.46. The number of likely N-dealkylation sites (N-methyl/N-ethyl adjacent to an activating group) is 1. The zero-order valence-electron chi connectivity index (χ0n) is 10.7. The number of ether oxygens (including phenoxy) is 1. The number of hydrogen-bond donors (Lipinski definition) is 0. The quantitative estimate of drug-likeness (QED) is 0.758. The summed E-state index contributed by atoms with van der Waals surface area (Å²) in [6, 6.07) is 5.09. The largest absolute Gasteiger partial charge is 0.496 e. The monoisotopic (exact) mass is 219 g/mol. The van der Waals surface area contributed by atoms with Crippen LogP contribution in [0.4, 0.5) is 0 Å². The van der Waals surface area contributed by atoms with Crippen LogP contribution in [0.1, 0.15) is 36.6 Å². The van der Waals surface area contributed by atoms with E-state index < -0.39 is 0 Å². The highest BCUT2D eigenvalue weighted by Gasteiger charge is 2.22. The maximum absolute atomic E-state index is 5.45. The molecule has 1 unspecified atom stereocenters. The molecule has 0 radical (unpaired) electrons. The number of nitrogens with zero attached hydrogens (tertiary/aromatic N) is 1. The number of methoxy groups -OCH3 is 1. The van der Waals surface area contributed by atoms with Crippen LogP contribution in [0.15, 0.2) is 12.1 Å². The summed E-state index contributed by atoms with van der Waals surface area (Å²) in [6.07, 6.45) is 2.17. The van der Waals surface area contributed by atoms with Crippen LogP contribution < -0.4 is 4.74 Å². The average molecular weight is 219 g/mol. The van der Waals surface area contributed by atoms with Crippen molar-refractivity contribution < 1.29 is 4.74 Å². The van der Waals surface area contributed by atoms with E-state index in [1.54, 1.807) is 7.11 Å². The Morgan fingerprint density at radius 2 is 2.19 bits per heavy atom. The van der Waals surface area contributed by atoms with Gasteiger partial charge >= 0.3 is 0 Å². The fourth-order valence-corrected chi connectivity index (χ4v) is 2.49. The molecule has 2 rings (SSSR count). The van der Waals surface area contributed by atoms with Crippen LogP contribution in [0.3, 0.4) is 0 Å². The van der Waals surface area contributed by atoms with Gasteiger partial charge in [-0.15, -0.1) is 0 Å². The number of hydrogen-bond acceptors (Lipinski definition) is 2. The summed E-state index contributed by atoms with van der Waals surface area (Å²) in [5.74, 6) is 1.05. The molecule has 0 aliphatic carbocycles. The van der Waals surface area contributed by atoms with Gasteiger partial charge in [-0.25, -0.2) is 0 Å². The average Bonchev–Trinajstić information content (AvgIpc) is 2.32. The van der Waals surface area contributed by atoms with Crippen LogP contribution in [-0.2, 0) is 12.8 Å². The van der Waals surface area contributed by atoms with Crippen molar-refractivity contribution in [3.05, 3.63) is 28.8 Å². The Balaban J connectivity index is 2.48. The van der Waals surface area contributed by atoms with Gasteiger partial charge in [0.25, 0.3) is 0 Å². The van der Waals surface area contributed by atoms with E-state index in [0.29, 0.717) is 6.04 Å². The molecule has 2 nitrogen and oxygen atoms in total. The highest BCUT2D eigenvalue weighted by Crippen LogP contribution is 2.33. The Kier molecular flexibility index (Phi) is 3.20. The van der Waals surface area contributed by atoms with Gasteiger partial charge in [-0.2, -0.15) is 0 Å². The fraction of sp³-hybridized carbons (Fsp3) is 0.571. The summed E-state index contributed by atoms with van der Waals surface area (Å²) >= 11 is 0. The summed E-state index contributed by atoms with van der Waals surface area (Å²) in [5.41, 5.74) is 4.26. The van der Waals surface area contributed by atoms with E-state index in [1.807, 2.05) is 0 Å². The molecule has 0 spiro atoms. The minimum atomic E-state index is 0.528. The van der Waals surface area contributed by atoms with Crippen LogP contribution in [0.2, 0.25) is 0 Å². The summed E-state index contributed by atoms with van der Waals surface area (Å²) < 4.78 is 5.45. The molecule has 16 heavy (non-hydrogen) atoms. The Hall–Kier alpha value is -1.02. The van der Waals surface area contributed by atoms with Gasteiger partial charge in [0.1, 0.15) is 5.75 Å². The van der Waals surface area contributed by atoms with Gasteiger partial charge in [-0.3, -0.25) is 4.90 Å². The van der Waals surface area contributed by atoms with Crippen LogP contribution in [-0.4, -0.2) is 25.6 Å². The highest BCUT2D eigenvalue weighted by atomic mass is 16.5. The molecule has 0 N–H and O–H groups in total. The maximum atomic E-state index is 5.45. The molecule has 1 aliphatic heterocycles. The third-order valence-electron chi connectivity index (χ3n) is 3.77. The first-order valence-electron chi connectivity index (χ1n) is 6.07. The van der Waals surface area contributed by atoms with E-state index in [1.165, 1.54) is 16.7 Å².